The predicted octanol–water partition coefficient (Wildman–Crippen LogP) is 2.66. The molecule has 4 nitrogen and oxygen atoms in total. The average Bonchev–Trinajstić information content (AvgIpc) is 2.90. The Kier molecular flexibility index (Phi) is 6.71. The number of nitrogens with two attached hydrogens (primary N) is 1. The summed E-state index contributed by atoms with van der Waals surface area (Å²) in [4.78, 5) is 4.13. The third kappa shape index (κ3) is 4.63. The maximum Gasteiger partial charge on any atom is 0.189 e. The number of halogens is 2. The second kappa shape index (κ2) is 8.04. The lowest BCUT2D eigenvalue weighted by molar-refractivity contribution is 0.607. The predicted molar refractivity (Wildman–Crippen MR) is 87.2 cm³/mol. The van der Waals surface area contributed by atoms with Crippen molar-refractivity contribution in [1.82, 2.24) is 5.32 Å². The van der Waals surface area contributed by atoms with Crippen LogP contribution in [0.3, 0.4) is 0 Å². The molecule has 0 saturated heterocycles. The lowest BCUT2D eigenvalue weighted by Gasteiger charge is -2.12. The number of hydrogen-bond donors (Lipinski definition) is 2. The van der Waals surface area contributed by atoms with Crippen LogP contribution in [-0.4, -0.2) is 12.0 Å². The van der Waals surface area contributed by atoms with Gasteiger partial charge in [0.15, 0.2) is 5.96 Å². The highest BCUT2D eigenvalue weighted by molar-refractivity contribution is 14.0. The molecule has 0 heterocycles. The Morgan fingerprint density at radius 3 is 2.80 bits per heavy atom. The number of guanidine groups is 1. The van der Waals surface area contributed by atoms with E-state index in [1.54, 1.807) is 0 Å². The van der Waals surface area contributed by atoms with Crippen molar-refractivity contribution in [2.45, 2.75) is 38.3 Å². The van der Waals surface area contributed by atoms with E-state index in [9.17, 15) is 4.39 Å². The molecule has 20 heavy (non-hydrogen) atoms. The highest BCUT2D eigenvalue weighted by atomic mass is 127. The van der Waals surface area contributed by atoms with Gasteiger partial charge in [0.2, 0.25) is 0 Å². The van der Waals surface area contributed by atoms with Crippen LogP contribution in [0.25, 0.3) is 0 Å². The molecular formula is C14H18FIN4. The Morgan fingerprint density at radius 1 is 1.45 bits per heavy atom. The molecule has 3 N–H and O–H groups in total. The number of nitrogens with one attached hydrogen (secondary N) is 1. The largest absolute Gasteiger partial charge is 0.370 e. The molecule has 6 heteroatoms. The van der Waals surface area contributed by atoms with Gasteiger partial charge in [0, 0.05) is 11.6 Å². The van der Waals surface area contributed by atoms with Crippen LogP contribution in [0.4, 0.5) is 4.39 Å². The second-order valence-corrected chi connectivity index (χ2v) is 4.75. The highest BCUT2D eigenvalue weighted by Gasteiger charge is 2.14. The standard InChI is InChI=1S/C14H17FN4.HI/c15-13-6-5-10(8-16)7-11(13)9-18-14(17)19-12-3-1-2-4-12;/h5-7,12H,1-4,9H2,(H3,17,18,19);1H. The van der Waals surface area contributed by atoms with Crippen LogP contribution in [0, 0.1) is 17.1 Å². The van der Waals surface area contributed by atoms with Gasteiger partial charge in [-0.2, -0.15) is 5.26 Å². The summed E-state index contributed by atoms with van der Waals surface area (Å²) in [7, 11) is 0. The number of nitrogens with zero attached hydrogens (tertiary/aromatic N) is 2. The normalized spacial score (nSPS) is 15.5. The Bertz CT molecular complexity index is 518. The van der Waals surface area contributed by atoms with Crippen molar-refractivity contribution in [3.63, 3.8) is 0 Å². The fraction of sp³-hybridized carbons (Fsp3) is 0.429. The van der Waals surface area contributed by atoms with Crippen LogP contribution in [0.2, 0.25) is 0 Å². The van der Waals surface area contributed by atoms with Crippen molar-refractivity contribution in [1.29, 1.82) is 5.26 Å². The molecule has 1 aliphatic rings. The molecule has 1 aliphatic carbocycles. The third-order valence-corrected chi connectivity index (χ3v) is 3.30. The Morgan fingerprint density at radius 2 is 2.15 bits per heavy atom. The Labute approximate surface area is 135 Å². The fourth-order valence-corrected chi connectivity index (χ4v) is 2.26. The lowest BCUT2D eigenvalue weighted by atomic mass is 10.1. The summed E-state index contributed by atoms with van der Waals surface area (Å²) in [5.41, 5.74) is 6.58. The summed E-state index contributed by atoms with van der Waals surface area (Å²) < 4.78 is 13.5. The highest BCUT2D eigenvalue weighted by Crippen LogP contribution is 2.17. The first kappa shape index (κ1) is 16.7. The molecule has 0 aliphatic heterocycles. The van der Waals surface area contributed by atoms with Gasteiger partial charge in [-0.3, -0.25) is 0 Å². The maximum absolute atomic E-state index is 13.5. The molecule has 1 saturated carbocycles. The van der Waals surface area contributed by atoms with E-state index in [0.717, 1.165) is 12.8 Å². The number of hydrogen-bond acceptors (Lipinski definition) is 2. The first-order valence-electron chi connectivity index (χ1n) is 6.44. The van der Waals surface area contributed by atoms with Gasteiger partial charge in [0.1, 0.15) is 5.82 Å². The van der Waals surface area contributed by atoms with Gasteiger partial charge in [-0.25, -0.2) is 9.38 Å². The molecule has 0 radical (unpaired) electrons. The van der Waals surface area contributed by atoms with Gasteiger partial charge in [-0.05, 0) is 31.0 Å². The van der Waals surface area contributed by atoms with Gasteiger partial charge in [-0.1, -0.05) is 12.8 Å². The summed E-state index contributed by atoms with van der Waals surface area (Å²) in [6.07, 6.45) is 4.64. The summed E-state index contributed by atoms with van der Waals surface area (Å²) in [6, 6.07) is 6.60. The maximum atomic E-state index is 13.5. The molecule has 1 aromatic carbocycles. The van der Waals surface area contributed by atoms with Crippen molar-refractivity contribution in [3.8, 4) is 6.07 Å². The molecule has 0 spiro atoms. The van der Waals surface area contributed by atoms with Crippen molar-refractivity contribution < 1.29 is 4.39 Å². The second-order valence-electron chi connectivity index (χ2n) is 4.75. The van der Waals surface area contributed by atoms with Gasteiger partial charge in [0.25, 0.3) is 0 Å². The zero-order valence-electron chi connectivity index (χ0n) is 11.1. The van der Waals surface area contributed by atoms with Crippen LogP contribution in [-0.2, 0) is 6.54 Å². The fourth-order valence-electron chi connectivity index (χ4n) is 2.26. The molecule has 2 rings (SSSR count). The SMILES string of the molecule is I.N#Cc1ccc(F)c(CN=C(N)NC2CCCC2)c1. The summed E-state index contributed by atoms with van der Waals surface area (Å²) in [5, 5.41) is 11.9. The molecule has 1 aromatic rings. The summed E-state index contributed by atoms with van der Waals surface area (Å²) >= 11 is 0. The zero-order valence-corrected chi connectivity index (χ0v) is 13.4. The van der Waals surface area contributed by atoms with Gasteiger partial charge < -0.3 is 11.1 Å². The number of aliphatic imine (C=N–C) groups is 1. The van der Waals surface area contributed by atoms with Crippen LogP contribution < -0.4 is 11.1 Å². The van der Waals surface area contributed by atoms with E-state index in [0.29, 0.717) is 23.1 Å². The molecule has 0 aromatic heterocycles. The van der Waals surface area contributed by atoms with Gasteiger partial charge in [-0.15, -0.1) is 24.0 Å². The van der Waals surface area contributed by atoms with Gasteiger partial charge in [0.05, 0.1) is 18.2 Å². The summed E-state index contributed by atoms with van der Waals surface area (Å²) in [5.74, 6) is -0.0231. The molecule has 0 amide bonds. The van der Waals surface area contributed by atoms with Crippen LogP contribution in [0.15, 0.2) is 23.2 Å². The molecule has 0 atom stereocenters. The van der Waals surface area contributed by atoms with E-state index >= 15 is 0 Å². The molecule has 0 unspecified atom stereocenters. The lowest BCUT2D eigenvalue weighted by Crippen LogP contribution is -2.38. The van der Waals surface area contributed by atoms with E-state index in [-0.39, 0.29) is 36.3 Å². The van der Waals surface area contributed by atoms with E-state index in [1.165, 1.54) is 31.0 Å². The van der Waals surface area contributed by atoms with Gasteiger partial charge >= 0.3 is 0 Å². The number of benzene rings is 1. The average molecular weight is 388 g/mol. The van der Waals surface area contributed by atoms with Crippen molar-refractivity contribution >= 4 is 29.9 Å². The quantitative estimate of drug-likeness (QED) is 0.475. The summed E-state index contributed by atoms with van der Waals surface area (Å²) in [6.45, 7) is 0.146. The number of nitriles is 1. The van der Waals surface area contributed by atoms with Crippen LogP contribution in [0.1, 0.15) is 36.8 Å². The van der Waals surface area contributed by atoms with Crippen molar-refractivity contribution in [3.05, 3.63) is 35.1 Å². The van der Waals surface area contributed by atoms with E-state index in [2.05, 4.69) is 10.3 Å². The topological polar surface area (TPSA) is 74.2 Å². The molecule has 0 bridgehead atoms. The minimum absolute atomic E-state index is 0. The zero-order chi connectivity index (χ0) is 13.7. The van der Waals surface area contributed by atoms with Crippen molar-refractivity contribution in [2.75, 3.05) is 0 Å². The Balaban J connectivity index is 0.00000200. The smallest absolute Gasteiger partial charge is 0.189 e. The molecular weight excluding hydrogens is 370 g/mol. The van der Waals surface area contributed by atoms with E-state index in [4.69, 9.17) is 11.0 Å². The third-order valence-electron chi connectivity index (χ3n) is 3.30. The first-order valence-corrected chi connectivity index (χ1v) is 6.44. The van der Waals surface area contributed by atoms with Crippen LogP contribution >= 0.6 is 24.0 Å². The minimum Gasteiger partial charge on any atom is -0.370 e. The van der Waals surface area contributed by atoms with Crippen molar-refractivity contribution in [2.24, 2.45) is 10.7 Å². The minimum atomic E-state index is -0.364. The van der Waals surface area contributed by atoms with E-state index in [1.807, 2.05) is 6.07 Å². The monoisotopic (exact) mass is 388 g/mol. The van der Waals surface area contributed by atoms with Crippen LogP contribution in [0.5, 0.6) is 0 Å². The number of rotatable bonds is 3. The molecule has 1 fully saturated rings. The molecule has 108 valence electrons. The Hall–Kier alpha value is -1.36. The van der Waals surface area contributed by atoms with E-state index < -0.39 is 0 Å². The first-order chi connectivity index (χ1) is 9.19.